The van der Waals surface area contributed by atoms with Crippen LogP contribution >= 0.6 is 35.0 Å². The molecule has 0 radical (unpaired) electrons. The van der Waals surface area contributed by atoms with Gasteiger partial charge in [-0.15, -0.1) is 12.4 Å². The molecular weight excluding hydrogens is 308 g/mol. The van der Waals surface area contributed by atoms with Gasteiger partial charge in [-0.05, 0) is 46.6 Å². The van der Waals surface area contributed by atoms with Crippen molar-refractivity contribution in [3.05, 3.63) is 33.4 Å². The summed E-state index contributed by atoms with van der Waals surface area (Å²) in [5.41, 5.74) is 7.37. The quantitative estimate of drug-likeness (QED) is 0.841. The van der Waals surface area contributed by atoms with Gasteiger partial charge in [0.25, 0.3) is 0 Å². The molecule has 0 aliphatic carbocycles. The van der Waals surface area contributed by atoms with Gasteiger partial charge in [-0.2, -0.15) is 0 Å². The zero-order valence-electron chi connectivity index (χ0n) is 8.53. The lowest BCUT2D eigenvalue weighted by atomic mass is 9.98. The van der Waals surface area contributed by atoms with E-state index < -0.39 is 0 Å². The van der Waals surface area contributed by atoms with Crippen molar-refractivity contribution < 1.29 is 0 Å². The molecule has 0 saturated carbocycles. The van der Waals surface area contributed by atoms with Crippen LogP contribution in [0.3, 0.4) is 0 Å². The first-order valence-electron chi connectivity index (χ1n) is 4.61. The first-order chi connectivity index (χ1) is 6.11. The Hall–Kier alpha value is 0.200. The van der Waals surface area contributed by atoms with Crippen LogP contribution in [0.5, 0.6) is 0 Å². The Kier molecular flexibility index (Phi) is 6.74. The molecule has 0 fully saturated rings. The Morgan fingerprint density at radius 3 is 2.36 bits per heavy atom. The molecule has 1 rings (SSSR count). The summed E-state index contributed by atoms with van der Waals surface area (Å²) >= 11 is 2.34. The Balaban J connectivity index is 0.00000169. The number of benzene rings is 1. The normalized spacial score (nSPS) is 12.4. The Morgan fingerprint density at radius 2 is 1.86 bits per heavy atom. The van der Waals surface area contributed by atoms with E-state index in [1.165, 1.54) is 9.13 Å². The Bertz CT molecular complexity index is 276. The predicted octanol–water partition coefficient (Wildman–Crippen LogP) is 3.76. The zero-order valence-corrected chi connectivity index (χ0v) is 11.5. The van der Waals surface area contributed by atoms with Crippen LogP contribution in [0.1, 0.15) is 31.9 Å². The molecule has 0 bridgehead atoms. The maximum atomic E-state index is 6.09. The lowest BCUT2D eigenvalue weighted by Gasteiger charge is -2.15. The smallest absolute Gasteiger partial charge is 0.0307 e. The van der Waals surface area contributed by atoms with E-state index in [9.17, 15) is 0 Å². The molecule has 0 aliphatic rings. The molecule has 0 aromatic heterocycles. The van der Waals surface area contributed by atoms with Crippen LogP contribution in [0.15, 0.2) is 24.3 Å². The highest BCUT2D eigenvalue weighted by atomic mass is 127. The summed E-state index contributed by atoms with van der Waals surface area (Å²) in [5.74, 6) is 0.658. The highest BCUT2D eigenvalue weighted by molar-refractivity contribution is 14.1. The second-order valence-electron chi connectivity index (χ2n) is 3.76. The molecule has 0 spiro atoms. The molecule has 0 unspecified atom stereocenters. The number of nitrogens with two attached hydrogens (primary N) is 1. The van der Waals surface area contributed by atoms with Crippen LogP contribution in [0.25, 0.3) is 0 Å². The van der Waals surface area contributed by atoms with Gasteiger partial charge in [0.2, 0.25) is 0 Å². The van der Waals surface area contributed by atoms with E-state index in [4.69, 9.17) is 5.73 Å². The molecule has 1 atom stereocenters. The van der Waals surface area contributed by atoms with Gasteiger partial charge < -0.3 is 5.73 Å². The fourth-order valence-corrected chi connectivity index (χ4v) is 2.20. The molecule has 1 nitrogen and oxygen atoms in total. The maximum Gasteiger partial charge on any atom is 0.0307 e. The van der Waals surface area contributed by atoms with E-state index in [1.54, 1.807) is 0 Å². The fraction of sp³-hybridized carbons (Fsp3) is 0.455. The lowest BCUT2D eigenvalue weighted by Crippen LogP contribution is -2.14. The minimum Gasteiger partial charge on any atom is -0.324 e. The van der Waals surface area contributed by atoms with Gasteiger partial charge in [0.1, 0.15) is 0 Å². The highest BCUT2D eigenvalue weighted by Crippen LogP contribution is 2.22. The monoisotopic (exact) mass is 325 g/mol. The van der Waals surface area contributed by atoms with Crippen molar-refractivity contribution in [1.29, 1.82) is 0 Å². The predicted molar refractivity (Wildman–Crippen MR) is 72.8 cm³/mol. The van der Waals surface area contributed by atoms with Crippen LogP contribution in [0.2, 0.25) is 0 Å². The second-order valence-corrected chi connectivity index (χ2v) is 4.92. The third kappa shape index (κ3) is 4.15. The van der Waals surface area contributed by atoms with Gasteiger partial charge in [0, 0.05) is 9.61 Å². The molecule has 80 valence electrons. The molecule has 0 amide bonds. The van der Waals surface area contributed by atoms with Crippen molar-refractivity contribution in [3.8, 4) is 0 Å². The molecule has 0 aliphatic heterocycles. The summed E-state index contributed by atoms with van der Waals surface area (Å²) in [4.78, 5) is 0. The molecule has 2 N–H and O–H groups in total. The summed E-state index contributed by atoms with van der Waals surface area (Å²) in [6.07, 6.45) is 1.06. The molecule has 1 aromatic rings. The lowest BCUT2D eigenvalue weighted by molar-refractivity contribution is 0.509. The van der Waals surface area contributed by atoms with E-state index in [0.717, 1.165) is 6.42 Å². The first-order valence-corrected chi connectivity index (χ1v) is 5.69. The van der Waals surface area contributed by atoms with Crippen LogP contribution in [0.4, 0.5) is 0 Å². The number of hydrogen-bond acceptors (Lipinski definition) is 1. The van der Waals surface area contributed by atoms with E-state index in [2.05, 4.69) is 54.6 Å². The van der Waals surface area contributed by atoms with Crippen molar-refractivity contribution in [1.82, 2.24) is 0 Å². The third-order valence-electron chi connectivity index (χ3n) is 2.03. The summed E-state index contributed by atoms with van der Waals surface area (Å²) in [5, 5.41) is 0. The third-order valence-corrected chi connectivity index (χ3v) is 3.01. The number of halogens is 2. The van der Waals surface area contributed by atoms with Crippen molar-refractivity contribution in [2.45, 2.75) is 26.3 Å². The van der Waals surface area contributed by atoms with Gasteiger partial charge in [0.15, 0.2) is 0 Å². The van der Waals surface area contributed by atoms with Crippen LogP contribution < -0.4 is 5.73 Å². The summed E-state index contributed by atoms with van der Waals surface area (Å²) in [6, 6.07) is 8.52. The van der Waals surface area contributed by atoms with Gasteiger partial charge in [-0.3, -0.25) is 0 Å². The van der Waals surface area contributed by atoms with Crippen molar-refractivity contribution in [3.63, 3.8) is 0 Å². The molecule has 3 heteroatoms. The summed E-state index contributed by atoms with van der Waals surface area (Å²) in [6.45, 7) is 4.41. The first kappa shape index (κ1) is 14.2. The highest BCUT2D eigenvalue weighted by Gasteiger charge is 2.10. The Morgan fingerprint density at radius 1 is 1.29 bits per heavy atom. The summed E-state index contributed by atoms with van der Waals surface area (Å²) in [7, 11) is 0. The number of hydrogen-bond donors (Lipinski definition) is 1. The largest absolute Gasteiger partial charge is 0.324 e. The van der Waals surface area contributed by atoms with E-state index in [1.807, 2.05) is 6.07 Å². The molecule has 1 aromatic carbocycles. The average Bonchev–Trinajstić information content (AvgIpc) is 2.03. The fourth-order valence-electron chi connectivity index (χ4n) is 1.41. The van der Waals surface area contributed by atoms with Gasteiger partial charge >= 0.3 is 0 Å². The SMILES string of the molecule is CC(C)C[C@@H](N)c1ccccc1I.Cl. The van der Waals surface area contributed by atoms with Crippen molar-refractivity contribution in [2.24, 2.45) is 11.7 Å². The average molecular weight is 326 g/mol. The maximum absolute atomic E-state index is 6.09. The van der Waals surface area contributed by atoms with E-state index >= 15 is 0 Å². The van der Waals surface area contributed by atoms with Gasteiger partial charge in [0.05, 0.1) is 0 Å². The van der Waals surface area contributed by atoms with Crippen molar-refractivity contribution >= 4 is 35.0 Å². The zero-order chi connectivity index (χ0) is 9.84. The topological polar surface area (TPSA) is 26.0 Å². The van der Waals surface area contributed by atoms with E-state index in [0.29, 0.717) is 5.92 Å². The Labute approximate surface area is 106 Å². The van der Waals surface area contributed by atoms with Crippen molar-refractivity contribution in [2.75, 3.05) is 0 Å². The van der Waals surface area contributed by atoms with E-state index in [-0.39, 0.29) is 18.4 Å². The van der Waals surface area contributed by atoms with Crippen LogP contribution in [-0.2, 0) is 0 Å². The minimum absolute atomic E-state index is 0. The molecule has 0 saturated heterocycles. The second kappa shape index (κ2) is 6.64. The number of rotatable bonds is 3. The van der Waals surface area contributed by atoms with Gasteiger partial charge in [-0.25, -0.2) is 0 Å². The molecule has 0 heterocycles. The standard InChI is InChI=1S/C11H16IN.ClH/c1-8(2)7-11(13)9-5-3-4-6-10(9)12;/h3-6,8,11H,7,13H2,1-2H3;1H/t11-;/m1./s1. The van der Waals surface area contributed by atoms with Crippen LogP contribution in [0, 0.1) is 9.49 Å². The molecule has 14 heavy (non-hydrogen) atoms. The minimum atomic E-state index is 0. The van der Waals surface area contributed by atoms with Gasteiger partial charge in [-0.1, -0.05) is 32.0 Å². The summed E-state index contributed by atoms with van der Waals surface area (Å²) < 4.78 is 1.27. The molecular formula is C11H17ClIN. The van der Waals surface area contributed by atoms with Crippen LogP contribution in [-0.4, -0.2) is 0 Å².